The Morgan fingerprint density at radius 2 is 2.19 bits per heavy atom. The van der Waals surface area contributed by atoms with E-state index in [0.717, 1.165) is 22.4 Å². The lowest BCUT2D eigenvalue weighted by atomic mass is 10.1. The zero-order valence-corrected chi connectivity index (χ0v) is 10.7. The number of hydrogen-bond acceptors (Lipinski definition) is 2. The molecule has 0 aliphatic carbocycles. The van der Waals surface area contributed by atoms with Gasteiger partial charge in [0.15, 0.2) is 0 Å². The first-order chi connectivity index (χ1) is 7.63. The molecule has 1 aromatic heterocycles. The zero-order valence-electron chi connectivity index (χ0n) is 9.14. The van der Waals surface area contributed by atoms with E-state index in [-0.39, 0.29) is 5.82 Å². The van der Waals surface area contributed by atoms with E-state index in [4.69, 9.17) is 0 Å². The van der Waals surface area contributed by atoms with Crippen molar-refractivity contribution in [3.05, 3.63) is 34.2 Å². The van der Waals surface area contributed by atoms with Crippen LogP contribution in [-0.4, -0.2) is 11.5 Å². The maximum atomic E-state index is 13.8. The molecule has 2 aromatic rings. The van der Waals surface area contributed by atoms with Crippen LogP contribution in [0.5, 0.6) is 0 Å². The van der Waals surface area contributed by atoms with Gasteiger partial charge in [0.05, 0.1) is 10.9 Å². The smallest absolute Gasteiger partial charge is 0.134 e. The van der Waals surface area contributed by atoms with Crippen LogP contribution >= 0.6 is 15.9 Å². The molecule has 0 radical (unpaired) electrons. The van der Waals surface area contributed by atoms with Crippen molar-refractivity contribution in [2.75, 3.05) is 11.9 Å². The Kier molecular flexibility index (Phi) is 3.10. The first kappa shape index (κ1) is 11.3. The highest BCUT2D eigenvalue weighted by Gasteiger charge is 2.11. The lowest BCUT2D eigenvalue weighted by Crippen LogP contribution is -2.00. The van der Waals surface area contributed by atoms with E-state index < -0.39 is 0 Å². The van der Waals surface area contributed by atoms with Gasteiger partial charge in [0.1, 0.15) is 5.82 Å². The fourth-order valence-corrected chi connectivity index (χ4v) is 2.15. The quantitative estimate of drug-likeness (QED) is 0.904. The van der Waals surface area contributed by atoms with Gasteiger partial charge in [-0.2, -0.15) is 0 Å². The van der Waals surface area contributed by atoms with Gasteiger partial charge < -0.3 is 5.32 Å². The summed E-state index contributed by atoms with van der Waals surface area (Å²) in [5, 5.41) is 3.70. The monoisotopic (exact) mass is 282 g/mol. The number of nitrogens with zero attached hydrogens (tertiary/aromatic N) is 1. The van der Waals surface area contributed by atoms with Gasteiger partial charge in [-0.3, -0.25) is 4.98 Å². The second-order valence-electron chi connectivity index (χ2n) is 3.59. The van der Waals surface area contributed by atoms with Crippen LogP contribution in [0.2, 0.25) is 0 Å². The number of nitrogens with one attached hydrogen (secondary N) is 1. The SMILES string of the molecule is CCNc1cc(C)nc2c(Br)ccc(F)c12. The molecule has 0 aliphatic rings. The van der Waals surface area contributed by atoms with Crippen molar-refractivity contribution in [2.45, 2.75) is 13.8 Å². The van der Waals surface area contributed by atoms with Crippen LogP contribution in [0.4, 0.5) is 10.1 Å². The number of halogens is 2. The number of hydrogen-bond donors (Lipinski definition) is 1. The number of benzene rings is 1. The van der Waals surface area contributed by atoms with E-state index in [1.807, 2.05) is 19.9 Å². The number of pyridine rings is 1. The van der Waals surface area contributed by atoms with Gasteiger partial charge >= 0.3 is 0 Å². The van der Waals surface area contributed by atoms with E-state index in [9.17, 15) is 4.39 Å². The van der Waals surface area contributed by atoms with Crippen molar-refractivity contribution < 1.29 is 4.39 Å². The van der Waals surface area contributed by atoms with Crippen molar-refractivity contribution >= 4 is 32.5 Å². The van der Waals surface area contributed by atoms with Crippen molar-refractivity contribution in [3.63, 3.8) is 0 Å². The molecule has 2 rings (SSSR count). The van der Waals surface area contributed by atoms with Crippen LogP contribution in [0.25, 0.3) is 10.9 Å². The molecule has 0 bridgehead atoms. The summed E-state index contributed by atoms with van der Waals surface area (Å²) < 4.78 is 14.6. The van der Waals surface area contributed by atoms with Gasteiger partial charge in [-0.1, -0.05) is 0 Å². The fraction of sp³-hybridized carbons (Fsp3) is 0.250. The Morgan fingerprint density at radius 1 is 1.44 bits per heavy atom. The predicted octanol–water partition coefficient (Wildman–Crippen LogP) is 3.88. The second-order valence-corrected chi connectivity index (χ2v) is 4.45. The molecule has 0 saturated carbocycles. The summed E-state index contributed by atoms with van der Waals surface area (Å²) in [7, 11) is 0. The third-order valence-electron chi connectivity index (χ3n) is 2.36. The number of aryl methyl sites for hydroxylation is 1. The van der Waals surface area contributed by atoms with Crippen LogP contribution < -0.4 is 5.32 Å². The average Bonchev–Trinajstić information content (AvgIpc) is 2.23. The lowest BCUT2D eigenvalue weighted by molar-refractivity contribution is 0.639. The highest BCUT2D eigenvalue weighted by Crippen LogP contribution is 2.30. The van der Waals surface area contributed by atoms with E-state index in [1.165, 1.54) is 6.07 Å². The average molecular weight is 283 g/mol. The molecular weight excluding hydrogens is 271 g/mol. The highest BCUT2D eigenvalue weighted by molar-refractivity contribution is 9.10. The van der Waals surface area contributed by atoms with Crippen molar-refractivity contribution in [1.29, 1.82) is 0 Å². The standard InChI is InChI=1S/C12H12BrFN2/c1-3-15-10-6-7(2)16-12-8(13)4-5-9(14)11(10)12/h4-6H,3H2,1-2H3,(H,15,16). The Hall–Kier alpha value is -1.16. The van der Waals surface area contributed by atoms with Crippen LogP contribution in [0.15, 0.2) is 22.7 Å². The van der Waals surface area contributed by atoms with Crippen LogP contribution in [0.3, 0.4) is 0 Å². The summed E-state index contributed by atoms with van der Waals surface area (Å²) in [5.74, 6) is -0.248. The summed E-state index contributed by atoms with van der Waals surface area (Å²) in [6.07, 6.45) is 0. The molecule has 0 unspecified atom stereocenters. The Bertz CT molecular complexity index is 540. The molecule has 2 nitrogen and oxygen atoms in total. The minimum atomic E-state index is -0.248. The van der Waals surface area contributed by atoms with Gasteiger partial charge in [0.2, 0.25) is 0 Å². The molecule has 84 valence electrons. The zero-order chi connectivity index (χ0) is 11.7. The summed E-state index contributed by atoms with van der Waals surface area (Å²) in [4.78, 5) is 4.35. The van der Waals surface area contributed by atoms with E-state index in [2.05, 4.69) is 26.2 Å². The van der Waals surface area contributed by atoms with Crippen LogP contribution in [0, 0.1) is 12.7 Å². The first-order valence-corrected chi connectivity index (χ1v) is 5.92. The van der Waals surface area contributed by atoms with E-state index in [0.29, 0.717) is 10.9 Å². The maximum absolute atomic E-state index is 13.8. The highest BCUT2D eigenvalue weighted by atomic mass is 79.9. The van der Waals surface area contributed by atoms with Gasteiger partial charge in [-0.25, -0.2) is 4.39 Å². The Labute approximate surface area is 102 Å². The minimum absolute atomic E-state index is 0.248. The number of rotatable bonds is 2. The summed E-state index contributed by atoms with van der Waals surface area (Å²) in [6, 6.07) is 4.99. The van der Waals surface area contributed by atoms with Gasteiger partial charge in [-0.15, -0.1) is 0 Å². The van der Waals surface area contributed by atoms with E-state index >= 15 is 0 Å². The molecule has 1 N–H and O–H groups in total. The van der Waals surface area contributed by atoms with Gasteiger partial charge in [-0.05, 0) is 48.0 Å². The fourth-order valence-electron chi connectivity index (χ4n) is 1.73. The number of fused-ring (bicyclic) bond motifs is 1. The molecule has 0 atom stereocenters. The molecule has 4 heteroatoms. The molecule has 0 fully saturated rings. The molecule has 16 heavy (non-hydrogen) atoms. The first-order valence-electron chi connectivity index (χ1n) is 5.12. The van der Waals surface area contributed by atoms with Gasteiger partial charge in [0, 0.05) is 22.4 Å². The third-order valence-corrected chi connectivity index (χ3v) is 3.00. The summed E-state index contributed by atoms with van der Waals surface area (Å²) in [6.45, 7) is 4.64. The normalized spacial score (nSPS) is 10.8. The molecule has 1 heterocycles. The lowest BCUT2D eigenvalue weighted by Gasteiger charge is -2.10. The summed E-state index contributed by atoms with van der Waals surface area (Å²) in [5.41, 5.74) is 2.33. The third kappa shape index (κ3) is 1.89. The minimum Gasteiger partial charge on any atom is -0.385 e. The number of aromatic nitrogens is 1. The van der Waals surface area contributed by atoms with Crippen LogP contribution in [-0.2, 0) is 0 Å². The Balaban J connectivity index is 2.83. The molecule has 0 aliphatic heterocycles. The van der Waals surface area contributed by atoms with E-state index in [1.54, 1.807) is 6.07 Å². The molecule has 0 amide bonds. The maximum Gasteiger partial charge on any atom is 0.134 e. The Morgan fingerprint density at radius 3 is 2.88 bits per heavy atom. The largest absolute Gasteiger partial charge is 0.385 e. The number of anilines is 1. The summed E-state index contributed by atoms with van der Waals surface area (Å²) >= 11 is 3.39. The van der Waals surface area contributed by atoms with Crippen molar-refractivity contribution in [2.24, 2.45) is 0 Å². The van der Waals surface area contributed by atoms with Gasteiger partial charge in [0.25, 0.3) is 0 Å². The van der Waals surface area contributed by atoms with Crippen LogP contribution in [0.1, 0.15) is 12.6 Å². The topological polar surface area (TPSA) is 24.9 Å². The molecule has 1 aromatic carbocycles. The molecular formula is C12H12BrFN2. The molecule has 0 spiro atoms. The predicted molar refractivity (Wildman–Crippen MR) is 68.3 cm³/mol. The second kappa shape index (κ2) is 4.37. The molecule has 0 saturated heterocycles. The van der Waals surface area contributed by atoms with Crippen molar-refractivity contribution in [1.82, 2.24) is 4.98 Å². The van der Waals surface area contributed by atoms with Crippen molar-refractivity contribution in [3.8, 4) is 0 Å².